The molecule has 6 rings (SSSR count). The van der Waals surface area contributed by atoms with Gasteiger partial charge in [-0.1, -0.05) is 36.4 Å². The van der Waals surface area contributed by atoms with Gasteiger partial charge in [0.1, 0.15) is 0 Å². The number of carboxylic acid groups (broad SMARTS) is 1. The maximum atomic E-state index is 13.6. The van der Waals surface area contributed by atoms with Crippen molar-refractivity contribution in [3.8, 4) is 5.69 Å². The van der Waals surface area contributed by atoms with Crippen LogP contribution in [0, 0.1) is 0 Å². The van der Waals surface area contributed by atoms with Crippen LogP contribution < -0.4 is 10.5 Å². The van der Waals surface area contributed by atoms with Gasteiger partial charge in [-0.15, -0.1) is 0 Å². The third-order valence-electron chi connectivity index (χ3n) is 7.06. The molecule has 36 heavy (non-hydrogen) atoms. The van der Waals surface area contributed by atoms with Crippen LogP contribution in [0.25, 0.3) is 27.4 Å². The molecule has 3 heterocycles. The molecule has 7 nitrogen and oxygen atoms in total. The topological polar surface area (TPSA) is 81.6 Å². The van der Waals surface area contributed by atoms with Crippen molar-refractivity contribution >= 4 is 33.3 Å². The van der Waals surface area contributed by atoms with E-state index in [1.54, 1.807) is 28.8 Å². The second kappa shape index (κ2) is 9.02. The highest BCUT2D eigenvalue weighted by atomic mass is 16.4. The summed E-state index contributed by atoms with van der Waals surface area (Å²) >= 11 is 0. The van der Waals surface area contributed by atoms with Crippen molar-refractivity contribution < 1.29 is 9.90 Å². The first-order valence-corrected chi connectivity index (χ1v) is 12.1. The first-order valence-electron chi connectivity index (χ1n) is 12.1. The molecule has 7 heteroatoms. The minimum Gasteiger partial charge on any atom is -0.478 e. The largest absolute Gasteiger partial charge is 0.478 e. The Balaban J connectivity index is 1.36. The molecule has 0 aliphatic carbocycles. The number of nitrogens with one attached hydrogen (secondary N) is 1. The molecule has 0 atom stereocenters. The predicted octanol–water partition coefficient (Wildman–Crippen LogP) is 4.49. The van der Waals surface area contributed by atoms with Crippen LogP contribution >= 0.6 is 0 Å². The average molecular weight is 479 g/mol. The van der Waals surface area contributed by atoms with E-state index in [9.17, 15) is 14.7 Å². The first kappa shape index (κ1) is 22.1. The van der Waals surface area contributed by atoms with Gasteiger partial charge in [0.15, 0.2) is 0 Å². The van der Waals surface area contributed by atoms with Crippen LogP contribution in [0.5, 0.6) is 0 Å². The smallest absolute Gasteiger partial charge is 0.338 e. The van der Waals surface area contributed by atoms with Crippen LogP contribution in [0.2, 0.25) is 0 Å². The van der Waals surface area contributed by atoms with Crippen molar-refractivity contribution in [3.63, 3.8) is 0 Å². The molecule has 3 aromatic carbocycles. The number of carboxylic acids is 1. The number of piperazine rings is 1. The van der Waals surface area contributed by atoms with Gasteiger partial charge in [-0.25, -0.2) is 4.79 Å². The molecule has 5 aromatic rings. The molecular weight excluding hydrogens is 452 g/mol. The number of anilines is 1. The summed E-state index contributed by atoms with van der Waals surface area (Å²) in [6.45, 7) is 3.55. The molecule has 2 aromatic heterocycles. The average Bonchev–Trinajstić information content (AvgIpc) is 3.38. The van der Waals surface area contributed by atoms with Crippen molar-refractivity contribution in [2.45, 2.75) is 6.54 Å². The third kappa shape index (κ3) is 3.83. The number of para-hydroxylation sites is 1. The minimum atomic E-state index is -1.02. The normalized spacial score (nSPS) is 14.5. The van der Waals surface area contributed by atoms with Gasteiger partial charge in [0, 0.05) is 72.0 Å². The molecule has 0 bridgehead atoms. The maximum absolute atomic E-state index is 13.6. The van der Waals surface area contributed by atoms with Crippen LogP contribution in [0.1, 0.15) is 16.1 Å². The lowest BCUT2D eigenvalue weighted by molar-refractivity contribution is 0.0695. The van der Waals surface area contributed by atoms with Gasteiger partial charge in [-0.05, 0) is 42.5 Å². The number of fused-ring (bicyclic) bond motifs is 2. The Morgan fingerprint density at radius 3 is 2.31 bits per heavy atom. The van der Waals surface area contributed by atoms with Gasteiger partial charge in [-0.3, -0.25) is 14.3 Å². The van der Waals surface area contributed by atoms with Gasteiger partial charge < -0.3 is 15.0 Å². The summed E-state index contributed by atoms with van der Waals surface area (Å²) in [5, 5.41) is 12.3. The van der Waals surface area contributed by atoms with E-state index in [-0.39, 0.29) is 11.1 Å². The summed E-state index contributed by atoms with van der Waals surface area (Å²) in [6.07, 6.45) is 1.95. The van der Waals surface area contributed by atoms with Gasteiger partial charge in [0.05, 0.1) is 11.3 Å². The number of H-pyrrole nitrogens is 1. The van der Waals surface area contributed by atoms with Gasteiger partial charge in [0.2, 0.25) is 0 Å². The second-order valence-electron chi connectivity index (χ2n) is 9.16. The second-order valence-corrected chi connectivity index (χ2v) is 9.16. The zero-order valence-corrected chi connectivity index (χ0v) is 19.7. The van der Waals surface area contributed by atoms with Crippen molar-refractivity contribution in [2.75, 3.05) is 31.1 Å². The summed E-state index contributed by atoms with van der Waals surface area (Å²) in [5.41, 5.74) is 3.47. The first-order chi connectivity index (χ1) is 17.6. The number of benzene rings is 3. The number of aromatic amines is 1. The van der Waals surface area contributed by atoms with E-state index in [1.807, 2.05) is 36.5 Å². The lowest BCUT2D eigenvalue weighted by Gasteiger charge is -2.36. The van der Waals surface area contributed by atoms with E-state index in [2.05, 4.69) is 39.0 Å². The molecule has 1 saturated heterocycles. The standard InChI is InChI=1S/C29H26N4O3/c34-28-24-9-5-4-8-23(24)27(29(35)36)26(33(28)21-6-2-1-3-7-21)19-31-14-16-32(17-15-31)22-10-11-25-20(18-22)12-13-30-25/h1-13,18,30H,14-17,19H2,(H,35,36). The molecule has 0 unspecified atom stereocenters. The molecule has 1 aliphatic rings. The van der Waals surface area contributed by atoms with Crippen molar-refractivity contribution in [3.05, 3.63) is 107 Å². The summed E-state index contributed by atoms with van der Waals surface area (Å²) in [5.74, 6) is -1.02. The number of hydrogen-bond donors (Lipinski definition) is 2. The Bertz CT molecular complexity index is 1630. The molecule has 0 spiro atoms. The highest BCUT2D eigenvalue weighted by molar-refractivity contribution is 6.04. The Kier molecular flexibility index (Phi) is 5.54. The summed E-state index contributed by atoms with van der Waals surface area (Å²) in [4.78, 5) is 34.0. The molecule has 180 valence electrons. The van der Waals surface area contributed by atoms with Crippen molar-refractivity contribution in [1.29, 1.82) is 0 Å². The molecule has 2 N–H and O–H groups in total. The summed E-state index contributed by atoms with van der Waals surface area (Å²) in [6, 6.07) is 24.8. The van der Waals surface area contributed by atoms with Crippen LogP contribution in [0.3, 0.4) is 0 Å². The number of carbonyl (C=O) groups is 1. The molecule has 0 saturated carbocycles. The Morgan fingerprint density at radius 2 is 1.56 bits per heavy atom. The fourth-order valence-corrected chi connectivity index (χ4v) is 5.25. The zero-order valence-electron chi connectivity index (χ0n) is 19.7. The van der Waals surface area contributed by atoms with E-state index >= 15 is 0 Å². The molecular formula is C29H26N4O3. The van der Waals surface area contributed by atoms with E-state index in [0.717, 1.165) is 31.7 Å². The third-order valence-corrected chi connectivity index (χ3v) is 7.06. The summed E-state index contributed by atoms with van der Waals surface area (Å²) in [7, 11) is 0. The molecule has 1 fully saturated rings. The van der Waals surface area contributed by atoms with Crippen LogP contribution in [-0.2, 0) is 6.54 Å². The summed E-state index contributed by atoms with van der Waals surface area (Å²) < 4.78 is 1.58. The van der Waals surface area contributed by atoms with Crippen LogP contribution in [-0.4, -0.2) is 51.7 Å². The fraction of sp³-hybridized carbons (Fsp3) is 0.172. The lowest BCUT2D eigenvalue weighted by Crippen LogP contribution is -2.46. The minimum absolute atomic E-state index is 0.189. The van der Waals surface area contributed by atoms with Gasteiger partial charge >= 0.3 is 5.97 Å². The Labute approximate surface area is 207 Å². The number of rotatable bonds is 5. The molecule has 0 radical (unpaired) electrons. The Morgan fingerprint density at radius 1 is 0.833 bits per heavy atom. The van der Waals surface area contributed by atoms with Crippen molar-refractivity contribution in [1.82, 2.24) is 14.5 Å². The molecule has 1 aliphatic heterocycles. The highest BCUT2D eigenvalue weighted by Gasteiger charge is 2.26. The number of hydrogen-bond acceptors (Lipinski definition) is 4. The Hall–Kier alpha value is -4.36. The van der Waals surface area contributed by atoms with Gasteiger partial charge in [0.25, 0.3) is 5.56 Å². The van der Waals surface area contributed by atoms with Crippen LogP contribution in [0.4, 0.5) is 5.69 Å². The lowest BCUT2D eigenvalue weighted by atomic mass is 10.0. The van der Waals surface area contributed by atoms with E-state index in [1.165, 1.54) is 11.1 Å². The van der Waals surface area contributed by atoms with Crippen molar-refractivity contribution in [2.24, 2.45) is 0 Å². The quantitative estimate of drug-likeness (QED) is 0.389. The highest BCUT2D eigenvalue weighted by Crippen LogP contribution is 2.26. The number of nitrogens with zero attached hydrogens (tertiary/aromatic N) is 3. The zero-order chi connectivity index (χ0) is 24.6. The number of aromatic carboxylic acids is 1. The number of aromatic nitrogens is 2. The SMILES string of the molecule is O=C(O)c1c(CN2CCN(c3ccc4[nH]ccc4c3)CC2)n(-c2ccccc2)c(=O)c2ccccc12. The van der Waals surface area contributed by atoms with E-state index < -0.39 is 5.97 Å². The number of pyridine rings is 1. The maximum Gasteiger partial charge on any atom is 0.338 e. The van der Waals surface area contributed by atoms with E-state index in [4.69, 9.17) is 0 Å². The monoisotopic (exact) mass is 478 g/mol. The molecule has 0 amide bonds. The van der Waals surface area contributed by atoms with Crippen LogP contribution in [0.15, 0.2) is 89.9 Å². The fourth-order valence-electron chi connectivity index (χ4n) is 5.25. The predicted molar refractivity (Wildman–Crippen MR) is 142 cm³/mol. The van der Waals surface area contributed by atoms with Gasteiger partial charge in [-0.2, -0.15) is 0 Å². The van der Waals surface area contributed by atoms with E-state index in [0.29, 0.717) is 28.7 Å².